The lowest BCUT2D eigenvalue weighted by atomic mass is 10.2. The summed E-state index contributed by atoms with van der Waals surface area (Å²) in [5, 5.41) is 6.46. The molecular weight excluding hydrogens is 404 g/mol. The van der Waals surface area contributed by atoms with Crippen LogP contribution < -0.4 is 5.43 Å². The Morgan fingerprint density at radius 1 is 1.07 bits per heavy atom. The van der Waals surface area contributed by atoms with Crippen LogP contribution in [0, 0.1) is 9.54 Å². The summed E-state index contributed by atoms with van der Waals surface area (Å²) in [4.78, 5) is 16.9. The number of H-pyrrole nitrogens is 2. The van der Waals surface area contributed by atoms with E-state index in [2.05, 4.69) is 15.2 Å². The molecule has 0 saturated carbocycles. The highest BCUT2D eigenvalue weighted by Crippen LogP contribution is 2.18. The number of nitrogens with zero attached hydrogens (tertiary/aromatic N) is 2. The maximum Gasteiger partial charge on any atom is 0.201 e. The van der Waals surface area contributed by atoms with Crippen LogP contribution in [0.15, 0.2) is 62.9 Å². The van der Waals surface area contributed by atoms with Gasteiger partial charge in [-0.2, -0.15) is 0 Å². The highest BCUT2D eigenvalue weighted by atomic mass is 35.5. The third kappa shape index (κ3) is 3.42. The van der Waals surface area contributed by atoms with Gasteiger partial charge in [-0.05, 0) is 66.9 Å². The second kappa shape index (κ2) is 7.07. The summed E-state index contributed by atoms with van der Waals surface area (Å²) in [6, 6.07) is 12.2. The van der Waals surface area contributed by atoms with E-state index in [1.807, 2.05) is 12.1 Å². The zero-order valence-corrected chi connectivity index (χ0v) is 16.0. The molecule has 0 amide bonds. The van der Waals surface area contributed by atoms with Crippen molar-refractivity contribution >= 4 is 58.9 Å². The molecule has 0 atom stereocenters. The van der Waals surface area contributed by atoms with Crippen molar-refractivity contribution in [2.24, 2.45) is 4.99 Å². The van der Waals surface area contributed by atoms with Gasteiger partial charge in [-0.3, -0.25) is 24.6 Å². The van der Waals surface area contributed by atoms with Gasteiger partial charge in [0.15, 0.2) is 9.54 Å². The molecule has 0 bridgehead atoms. The number of aromatic nitrogens is 3. The molecule has 0 radical (unpaired) electrons. The smallest absolute Gasteiger partial charge is 0.201 e. The molecule has 0 aliphatic heterocycles. The Bertz CT molecular complexity index is 1320. The Labute approximate surface area is 167 Å². The van der Waals surface area contributed by atoms with Gasteiger partial charge in [0, 0.05) is 11.2 Å². The van der Waals surface area contributed by atoms with E-state index >= 15 is 0 Å². The van der Waals surface area contributed by atoms with E-state index < -0.39 is 0 Å². The fraction of sp³-hybridized carbons (Fsp3) is 0. The van der Waals surface area contributed by atoms with Crippen molar-refractivity contribution in [3.05, 3.63) is 79.1 Å². The highest BCUT2D eigenvalue weighted by Gasteiger charge is 2.06. The average Bonchev–Trinajstić information content (AvgIpc) is 3.00. The molecule has 0 unspecified atom stereocenters. The Balaban J connectivity index is 1.66. The molecule has 0 aliphatic rings. The van der Waals surface area contributed by atoms with Crippen LogP contribution in [0.25, 0.3) is 16.7 Å². The van der Waals surface area contributed by atoms with Crippen LogP contribution in [0.1, 0.15) is 5.56 Å². The first-order valence-electron chi connectivity index (χ1n) is 7.78. The van der Waals surface area contributed by atoms with E-state index in [1.165, 1.54) is 12.5 Å². The molecule has 6 nitrogen and oxygen atoms in total. The Morgan fingerprint density at radius 2 is 1.78 bits per heavy atom. The lowest BCUT2D eigenvalue weighted by Gasteiger charge is -2.02. The maximum absolute atomic E-state index is 12.5. The van der Waals surface area contributed by atoms with Gasteiger partial charge in [0.25, 0.3) is 0 Å². The summed E-state index contributed by atoms with van der Waals surface area (Å²) < 4.78 is 8.12. The minimum Gasteiger partial charge on any atom is -0.463 e. The number of nitrogens with one attached hydrogen (secondary N) is 2. The number of halogens is 1. The maximum atomic E-state index is 12.5. The molecule has 0 spiro atoms. The summed E-state index contributed by atoms with van der Waals surface area (Å²) in [6.07, 6.45) is 2.85. The molecular formula is C18H11ClN4O2S2. The average molecular weight is 415 g/mol. The normalized spacial score (nSPS) is 11.4. The third-order valence-electron chi connectivity index (χ3n) is 3.90. The zero-order chi connectivity index (χ0) is 19.0. The van der Waals surface area contributed by atoms with Crippen molar-refractivity contribution in [1.29, 1.82) is 0 Å². The summed E-state index contributed by atoms with van der Waals surface area (Å²) in [5.41, 5.74) is 2.10. The molecule has 0 fully saturated rings. The second-order valence-corrected chi connectivity index (χ2v) is 6.84. The van der Waals surface area contributed by atoms with Gasteiger partial charge < -0.3 is 4.42 Å². The molecule has 4 rings (SSSR count). The van der Waals surface area contributed by atoms with Gasteiger partial charge in [0.1, 0.15) is 11.8 Å². The monoisotopic (exact) mass is 414 g/mol. The van der Waals surface area contributed by atoms with Gasteiger partial charge in [-0.15, -0.1) is 0 Å². The first kappa shape index (κ1) is 17.6. The molecule has 2 aromatic heterocycles. The predicted molar refractivity (Wildman–Crippen MR) is 111 cm³/mol. The van der Waals surface area contributed by atoms with Gasteiger partial charge in [0.05, 0.1) is 22.3 Å². The van der Waals surface area contributed by atoms with Crippen molar-refractivity contribution in [1.82, 2.24) is 14.8 Å². The minimum atomic E-state index is -0.191. The van der Waals surface area contributed by atoms with Crippen LogP contribution in [0.5, 0.6) is 0 Å². The van der Waals surface area contributed by atoms with Crippen LogP contribution in [0.3, 0.4) is 0 Å². The van der Waals surface area contributed by atoms with Crippen LogP contribution in [0.4, 0.5) is 5.69 Å². The molecule has 2 heterocycles. The summed E-state index contributed by atoms with van der Waals surface area (Å²) in [5.74, 6) is 0. The first-order chi connectivity index (χ1) is 13.0. The summed E-state index contributed by atoms with van der Waals surface area (Å²) in [6.45, 7) is 0. The Kier molecular flexibility index (Phi) is 4.61. The lowest BCUT2D eigenvalue weighted by Crippen LogP contribution is -2.07. The SMILES string of the molecule is O=c1c(C=Nc2ccc(-n3c(=S)[nH][nH]c3=S)cc2)coc2ccc(Cl)cc12. The Morgan fingerprint density at radius 3 is 2.48 bits per heavy atom. The summed E-state index contributed by atoms with van der Waals surface area (Å²) >= 11 is 16.3. The fourth-order valence-corrected chi connectivity index (χ4v) is 3.31. The van der Waals surface area contributed by atoms with E-state index in [0.717, 1.165) is 5.69 Å². The van der Waals surface area contributed by atoms with E-state index in [1.54, 1.807) is 34.9 Å². The molecule has 134 valence electrons. The quantitative estimate of drug-likeness (QED) is 0.361. The summed E-state index contributed by atoms with van der Waals surface area (Å²) in [7, 11) is 0. The molecule has 2 aromatic carbocycles. The van der Waals surface area contributed by atoms with Gasteiger partial charge in [-0.25, -0.2) is 0 Å². The van der Waals surface area contributed by atoms with Crippen molar-refractivity contribution in [3.8, 4) is 5.69 Å². The van der Waals surface area contributed by atoms with Gasteiger partial charge in [0.2, 0.25) is 5.43 Å². The highest BCUT2D eigenvalue weighted by molar-refractivity contribution is 7.72. The number of rotatable bonds is 3. The zero-order valence-electron chi connectivity index (χ0n) is 13.6. The number of benzene rings is 2. The first-order valence-corrected chi connectivity index (χ1v) is 8.98. The number of hydrogen-bond donors (Lipinski definition) is 2. The van der Waals surface area contributed by atoms with Crippen LogP contribution >= 0.6 is 36.0 Å². The molecule has 0 saturated heterocycles. The number of aromatic amines is 2. The molecule has 9 heteroatoms. The van der Waals surface area contributed by atoms with E-state index in [4.69, 9.17) is 40.5 Å². The van der Waals surface area contributed by atoms with Crippen molar-refractivity contribution in [2.75, 3.05) is 0 Å². The van der Waals surface area contributed by atoms with Gasteiger partial charge >= 0.3 is 0 Å². The van der Waals surface area contributed by atoms with Gasteiger partial charge in [-0.1, -0.05) is 11.6 Å². The van der Waals surface area contributed by atoms with E-state index in [-0.39, 0.29) is 5.43 Å². The number of aliphatic imine (C=N–C) groups is 1. The van der Waals surface area contributed by atoms with Crippen LogP contribution in [-0.2, 0) is 0 Å². The third-order valence-corrected chi connectivity index (χ3v) is 4.71. The largest absolute Gasteiger partial charge is 0.463 e. The molecule has 27 heavy (non-hydrogen) atoms. The fourth-order valence-electron chi connectivity index (χ4n) is 2.58. The standard InChI is InChI=1S/C18H11ClN4O2S2/c19-11-1-6-15-14(7-11)16(24)10(9-25-15)8-20-12-2-4-13(5-3-12)23-17(26)21-22-18(23)27/h1-9H,(H,21,26)(H,22,27). The Hall–Kier alpha value is -2.81. The van der Waals surface area contributed by atoms with E-state index in [0.29, 0.717) is 36.8 Å². The number of hydrogen-bond acceptors (Lipinski definition) is 5. The van der Waals surface area contributed by atoms with Crippen molar-refractivity contribution in [3.63, 3.8) is 0 Å². The number of fused-ring (bicyclic) bond motifs is 1. The minimum absolute atomic E-state index is 0.191. The predicted octanol–water partition coefficient (Wildman–Crippen LogP) is 5.10. The molecule has 0 aliphatic carbocycles. The van der Waals surface area contributed by atoms with Crippen molar-refractivity contribution in [2.45, 2.75) is 0 Å². The topological polar surface area (TPSA) is 79.1 Å². The van der Waals surface area contributed by atoms with Crippen LogP contribution in [0.2, 0.25) is 5.02 Å². The van der Waals surface area contributed by atoms with E-state index in [9.17, 15) is 4.79 Å². The lowest BCUT2D eigenvalue weighted by molar-refractivity contribution is 0.601. The molecule has 4 aromatic rings. The molecule has 2 N–H and O–H groups in total. The second-order valence-electron chi connectivity index (χ2n) is 5.63. The van der Waals surface area contributed by atoms with Crippen molar-refractivity contribution < 1.29 is 4.42 Å². The van der Waals surface area contributed by atoms with Crippen LogP contribution in [-0.4, -0.2) is 21.0 Å².